The molecule has 0 saturated carbocycles. The van der Waals surface area contributed by atoms with Gasteiger partial charge in [0.2, 0.25) is 10.0 Å². The van der Waals surface area contributed by atoms with E-state index >= 15 is 0 Å². The second-order valence-electron chi connectivity index (χ2n) is 4.19. The number of hydrogen-bond acceptors (Lipinski definition) is 4. The summed E-state index contributed by atoms with van der Waals surface area (Å²) >= 11 is 9.14. The zero-order valence-corrected chi connectivity index (χ0v) is 14.4. The Morgan fingerprint density at radius 2 is 2.10 bits per heavy atom. The molecule has 0 aliphatic rings. The lowest BCUT2D eigenvalue weighted by atomic mass is 10.3. The number of pyridine rings is 2. The number of sulfonamides is 1. The van der Waals surface area contributed by atoms with Gasteiger partial charge in [-0.05, 0) is 34.1 Å². The fourth-order valence-corrected chi connectivity index (χ4v) is 4.10. The monoisotopic (exact) mass is 389 g/mol. The van der Waals surface area contributed by atoms with Crippen LogP contribution in [0.3, 0.4) is 0 Å². The number of nitrogens with zero attached hydrogens (tertiary/aromatic N) is 3. The van der Waals surface area contributed by atoms with Crippen molar-refractivity contribution < 1.29 is 8.42 Å². The molecule has 2 aromatic rings. The van der Waals surface area contributed by atoms with E-state index in [1.165, 1.54) is 16.6 Å². The highest BCUT2D eigenvalue weighted by atomic mass is 79.9. The van der Waals surface area contributed by atoms with Crippen molar-refractivity contribution in [2.45, 2.75) is 18.4 Å². The molecule has 0 N–H and O–H groups in total. The van der Waals surface area contributed by atoms with Gasteiger partial charge in [0.1, 0.15) is 10.0 Å². The Morgan fingerprint density at radius 1 is 1.33 bits per heavy atom. The molecule has 21 heavy (non-hydrogen) atoms. The van der Waals surface area contributed by atoms with Crippen molar-refractivity contribution in [3.05, 3.63) is 52.0 Å². The quantitative estimate of drug-likeness (QED) is 0.736. The molecule has 0 aromatic carbocycles. The molecule has 0 aliphatic carbocycles. The van der Waals surface area contributed by atoms with E-state index in [-0.39, 0.29) is 16.6 Å². The van der Waals surface area contributed by atoms with Crippen molar-refractivity contribution in [1.82, 2.24) is 14.3 Å². The Kier molecular flexibility index (Phi) is 5.32. The van der Waals surface area contributed by atoms with Crippen LogP contribution in [0.1, 0.15) is 12.6 Å². The minimum absolute atomic E-state index is 0.0173. The maximum absolute atomic E-state index is 12.7. The first-order valence-corrected chi connectivity index (χ1v) is 8.77. The van der Waals surface area contributed by atoms with Crippen molar-refractivity contribution in [2.75, 3.05) is 6.54 Å². The fraction of sp³-hybridized carbons (Fsp3) is 0.231. The molecule has 2 aromatic heterocycles. The highest BCUT2D eigenvalue weighted by Gasteiger charge is 2.27. The lowest BCUT2D eigenvalue weighted by Gasteiger charge is -2.20. The number of aromatic nitrogens is 2. The van der Waals surface area contributed by atoms with Gasteiger partial charge in [-0.1, -0.05) is 24.6 Å². The van der Waals surface area contributed by atoms with E-state index < -0.39 is 10.0 Å². The maximum atomic E-state index is 12.7. The van der Waals surface area contributed by atoms with E-state index in [0.29, 0.717) is 16.7 Å². The van der Waals surface area contributed by atoms with Crippen molar-refractivity contribution in [1.29, 1.82) is 0 Å². The third-order valence-electron chi connectivity index (χ3n) is 2.81. The Labute approximate surface area is 137 Å². The Morgan fingerprint density at radius 3 is 2.71 bits per heavy atom. The minimum atomic E-state index is -3.73. The van der Waals surface area contributed by atoms with Crippen LogP contribution in [-0.4, -0.2) is 29.2 Å². The highest BCUT2D eigenvalue weighted by Crippen LogP contribution is 2.26. The summed E-state index contributed by atoms with van der Waals surface area (Å²) in [6.45, 7) is 2.25. The van der Waals surface area contributed by atoms with Gasteiger partial charge in [-0.15, -0.1) is 0 Å². The first-order chi connectivity index (χ1) is 9.95. The Bertz CT molecular complexity index is 725. The second kappa shape index (κ2) is 6.83. The third-order valence-corrected chi connectivity index (χ3v) is 5.59. The van der Waals surface area contributed by atoms with Crippen molar-refractivity contribution in [3.8, 4) is 0 Å². The zero-order chi connectivity index (χ0) is 15.5. The molecule has 0 radical (unpaired) electrons. The minimum Gasteiger partial charge on any atom is -0.260 e. The lowest BCUT2D eigenvalue weighted by Crippen LogP contribution is -2.31. The molecule has 0 saturated heterocycles. The van der Waals surface area contributed by atoms with Crippen LogP contribution in [-0.2, 0) is 16.6 Å². The summed E-state index contributed by atoms with van der Waals surface area (Å²) in [5, 5.41) is -0.0438. The molecule has 0 bridgehead atoms. The average molecular weight is 391 g/mol. The van der Waals surface area contributed by atoms with Gasteiger partial charge in [-0.2, -0.15) is 4.31 Å². The molecule has 0 spiro atoms. The molecule has 0 amide bonds. The van der Waals surface area contributed by atoms with Gasteiger partial charge in [-0.3, -0.25) is 4.98 Å². The van der Waals surface area contributed by atoms with E-state index in [1.54, 1.807) is 25.3 Å². The summed E-state index contributed by atoms with van der Waals surface area (Å²) in [5.74, 6) is 0. The highest BCUT2D eigenvalue weighted by molar-refractivity contribution is 9.10. The van der Waals surface area contributed by atoms with Crippen LogP contribution >= 0.6 is 27.5 Å². The summed E-state index contributed by atoms with van der Waals surface area (Å²) in [4.78, 5) is 8.00. The van der Waals surface area contributed by atoms with Gasteiger partial charge >= 0.3 is 0 Å². The number of rotatable bonds is 5. The molecule has 0 atom stereocenters. The van der Waals surface area contributed by atoms with E-state index in [0.717, 1.165) is 0 Å². The van der Waals surface area contributed by atoms with Gasteiger partial charge in [0.05, 0.1) is 12.2 Å². The first kappa shape index (κ1) is 16.4. The van der Waals surface area contributed by atoms with Crippen LogP contribution in [0.25, 0.3) is 0 Å². The van der Waals surface area contributed by atoms with E-state index in [4.69, 9.17) is 11.6 Å². The van der Waals surface area contributed by atoms with Crippen LogP contribution in [0, 0.1) is 0 Å². The lowest BCUT2D eigenvalue weighted by molar-refractivity contribution is 0.419. The van der Waals surface area contributed by atoms with Gasteiger partial charge in [-0.25, -0.2) is 13.4 Å². The SMILES string of the molecule is CCN(Cc1ccccn1)S(=O)(=O)c1cc(Br)cnc1Cl. The summed E-state index contributed by atoms with van der Waals surface area (Å²) in [6.07, 6.45) is 3.08. The van der Waals surface area contributed by atoms with Crippen LogP contribution in [0.15, 0.2) is 46.0 Å². The number of halogens is 2. The number of hydrogen-bond donors (Lipinski definition) is 0. The maximum Gasteiger partial charge on any atom is 0.246 e. The molecule has 5 nitrogen and oxygen atoms in total. The van der Waals surface area contributed by atoms with Crippen molar-refractivity contribution >= 4 is 37.6 Å². The summed E-state index contributed by atoms with van der Waals surface area (Å²) < 4.78 is 27.3. The molecule has 0 aliphatic heterocycles. The second-order valence-corrected chi connectivity index (χ2v) is 7.37. The van der Waals surface area contributed by atoms with Gasteiger partial charge < -0.3 is 0 Å². The Hall–Kier alpha value is -1.02. The predicted molar refractivity (Wildman–Crippen MR) is 84.5 cm³/mol. The summed E-state index contributed by atoms with van der Waals surface area (Å²) in [6, 6.07) is 6.82. The molecule has 8 heteroatoms. The van der Waals surface area contributed by atoms with Gasteiger partial charge in [0, 0.05) is 23.4 Å². The molecule has 2 heterocycles. The fourth-order valence-electron chi connectivity index (χ4n) is 1.76. The Balaban J connectivity index is 2.38. The molecular formula is C13H13BrClN3O2S. The van der Waals surface area contributed by atoms with Crippen molar-refractivity contribution in [2.24, 2.45) is 0 Å². The van der Waals surface area contributed by atoms with Crippen LogP contribution in [0.4, 0.5) is 0 Å². The van der Waals surface area contributed by atoms with Crippen LogP contribution < -0.4 is 0 Å². The van der Waals surface area contributed by atoms with Gasteiger partial charge in [0.15, 0.2) is 0 Å². The summed E-state index contributed by atoms with van der Waals surface area (Å²) in [5.41, 5.74) is 0.669. The molecule has 0 fully saturated rings. The van der Waals surface area contributed by atoms with E-state index in [2.05, 4.69) is 25.9 Å². The summed E-state index contributed by atoms with van der Waals surface area (Å²) in [7, 11) is -3.73. The molecule has 0 unspecified atom stereocenters. The molecule has 112 valence electrons. The van der Waals surface area contributed by atoms with E-state index in [1.807, 2.05) is 6.07 Å². The van der Waals surface area contributed by atoms with Crippen LogP contribution in [0.2, 0.25) is 5.15 Å². The zero-order valence-electron chi connectivity index (χ0n) is 11.2. The molecule has 2 rings (SSSR count). The standard InChI is InChI=1S/C13H13BrClN3O2S/c1-2-18(9-11-5-3-4-6-16-11)21(19,20)12-7-10(14)8-17-13(12)15/h3-8H,2,9H2,1H3. The third kappa shape index (κ3) is 3.79. The van der Waals surface area contributed by atoms with E-state index in [9.17, 15) is 8.42 Å². The predicted octanol–water partition coefficient (Wildman–Crippen LogP) is 3.10. The largest absolute Gasteiger partial charge is 0.260 e. The molecular weight excluding hydrogens is 378 g/mol. The topological polar surface area (TPSA) is 63.2 Å². The smallest absolute Gasteiger partial charge is 0.246 e. The van der Waals surface area contributed by atoms with Gasteiger partial charge in [0.25, 0.3) is 0 Å². The first-order valence-electron chi connectivity index (χ1n) is 6.16. The van der Waals surface area contributed by atoms with Crippen molar-refractivity contribution in [3.63, 3.8) is 0 Å². The van der Waals surface area contributed by atoms with Crippen LogP contribution in [0.5, 0.6) is 0 Å². The average Bonchev–Trinajstić information content (AvgIpc) is 2.48. The normalized spacial score (nSPS) is 11.8.